The molecule has 1 unspecified atom stereocenters. The van der Waals surface area contributed by atoms with Crippen LogP contribution in [0, 0.1) is 12.3 Å². The van der Waals surface area contributed by atoms with E-state index in [1.165, 1.54) is 0 Å². The summed E-state index contributed by atoms with van der Waals surface area (Å²) >= 11 is 0. The van der Waals surface area contributed by atoms with E-state index in [-0.39, 0.29) is 12.6 Å². The molecule has 7 nitrogen and oxygen atoms in total. The molecule has 1 aliphatic heterocycles. The molecule has 3 rings (SSSR count). The summed E-state index contributed by atoms with van der Waals surface area (Å²) in [5.41, 5.74) is 1.01. The van der Waals surface area contributed by atoms with E-state index >= 15 is 0 Å². The summed E-state index contributed by atoms with van der Waals surface area (Å²) in [6, 6.07) is 11.4. The maximum absolute atomic E-state index is 12.5. The molecular formula is C18H22N4O3. The summed E-state index contributed by atoms with van der Waals surface area (Å²) in [6.07, 6.45) is 0.456. The molecule has 1 saturated heterocycles. The van der Waals surface area contributed by atoms with Gasteiger partial charge >= 0.3 is 12.0 Å². The fourth-order valence-electron chi connectivity index (χ4n) is 3.02. The monoisotopic (exact) mass is 342 g/mol. The second kappa shape index (κ2) is 6.58. The number of carboxylic acid groups (broad SMARTS) is 1. The zero-order chi connectivity index (χ0) is 18.0. The molecule has 1 aromatic carbocycles. The van der Waals surface area contributed by atoms with Crippen LogP contribution in [0.3, 0.4) is 0 Å². The van der Waals surface area contributed by atoms with Gasteiger partial charge in [0.25, 0.3) is 0 Å². The van der Waals surface area contributed by atoms with E-state index in [1.54, 1.807) is 16.5 Å². The number of rotatable bonds is 4. The van der Waals surface area contributed by atoms with Crippen LogP contribution in [-0.4, -0.2) is 44.9 Å². The van der Waals surface area contributed by atoms with Crippen LogP contribution in [0.25, 0.3) is 0 Å². The number of aliphatic carboxylic acids is 1. The predicted octanol–water partition coefficient (Wildman–Crippen LogP) is 2.57. The number of nitrogens with zero attached hydrogens (tertiary/aromatic N) is 3. The SMILES string of the molecule is Cc1cc(NC(=O)N2CCC(C)(C(=O)O)C2)n(Cc2ccccc2)n1. The van der Waals surface area contributed by atoms with E-state index in [0.717, 1.165) is 11.3 Å². The number of aromatic nitrogens is 2. The number of amides is 2. The van der Waals surface area contributed by atoms with Crippen LogP contribution in [0.4, 0.5) is 10.6 Å². The van der Waals surface area contributed by atoms with Gasteiger partial charge in [-0.3, -0.25) is 10.1 Å². The summed E-state index contributed by atoms with van der Waals surface area (Å²) in [4.78, 5) is 25.4. The van der Waals surface area contributed by atoms with Gasteiger partial charge in [0.15, 0.2) is 0 Å². The molecule has 2 aromatic rings. The Balaban J connectivity index is 1.71. The second-order valence-electron chi connectivity index (χ2n) is 6.78. The molecule has 2 heterocycles. The maximum atomic E-state index is 12.5. The molecule has 2 N–H and O–H groups in total. The Morgan fingerprint density at radius 2 is 2.04 bits per heavy atom. The van der Waals surface area contributed by atoms with Crippen LogP contribution >= 0.6 is 0 Å². The number of hydrogen-bond donors (Lipinski definition) is 2. The molecule has 0 saturated carbocycles. The summed E-state index contributed by atoms with van der Waals surface area (Å²) < 4.78 is 1.75. The van der Waals surface area contributed by atoms with Crippen molar-refractivity contribution in [3.63, 3.8) is 0 Å². The van der Waals surface area contributed by atoms with Crippen molar-refractivity contribution in [3.8, 4) is 0 Å². The minimum absolute atomic E-state index is 0.208. The number of anilines is 1. The lowest BCUT2D eigenvalue weighted by molar-refractivity contribution is -0.146. The largest absolute Gasteiger partial charge is 0.481 e. The van der Waals surface area contributed by atoms with E-state index < -0.39 is 11.4 Å². The quantitative estimate of drug-likeness (QED) is 0.894. The first-order valence-electron chi connectivity index (χ1n) is 8.25. The third-order valence-corrected chi connectivity index (χ3v) is 4.59. The fourth-order valence-corrected chi connectivity index (χ4v) is 3.02. The molecule has 7 heteroatoms. The lowest BCUT2D eigenvalue weighted by Gasteiger charge is -2.20. The smallest absolute Gasteiger partial charge is 0.323 e. The van der Waals surface area contributed by atoms with E-state index in [2.05, 4.69) is 10.4 Å². The van der Waals surface area contributed by atoms with Crippen molar-refractivity contribution in [2.75, 3.05) is 18.4 Å². The normalized spacial score (nSPS) is 19.8. The molecule has 0 aliphatic carbocycles. The Morgan fingerprint density at radius 3 is 2.68 bits per heavy atom. The summed E-state index contributed by atoms with van der Waals surface area (Å²) in [5, 5.41) is 16.6. The van der Waals surface area contributed by atoms with Crippen molar-refractivity contribution in [1.29, 1.82) is 0 Å². The van der Waals surface area contributed by atoms with Crippen LogP contribution in [0.5, 0.6) is 0 Å². The number of nitrogens with one attached hydrogen (secondary N) is 1. The predicted molar refractivity (Wildman–Crippen MR) is 93.5 cm³/mol. The first-order valence-corrected chi connectivity index (χ1v) is 8.25. The number of likely N-dealkylation sites (tertiary alicyclic amines) is 1. The minimum Gasteiger partial charge on any atom is -0.481 e. The molecule has 1 aliphatic rings. The topological polar surface area (TPSA) is 87.5 Å². The van der Waals surface area contributed by atoms with Gasteiger partial charge in [0.1, 0.15) is 5.82 Å². The number of carbonyl (C=O) groups is 2. The van der Waals surface area contributed by atoms with Gasteiger partial charge in [0.05, 0.1) is 17.7 Å². The second-order valence-corrected chi connectivity index (χ2v) is 6.78. The number of benzene rings is 1. The van der Waals surface area contributed by atoms with Gasteiger partial charge in [0.2, 0.25) is 0 Å². The van der Waals surface area contributed by atoms with E-state index in [1.807, 2.05) is 43.3 Å². The molecule has 0 radical (unpaired) electrons. The zero-order valence-electron chi connectivity index (χ0n) is 14.4. The molecule has 132 valence electrons. The highest BCUT2D eigenvalue weighted by Gasteiger charge is 2.42. The first kappa shape index (κ1) is 17.0. The average molecular weight is 342 g/mol. The van der Waals surface area contributed by atoms with Gasteiger partial charge < -0.3 is 10.0 Å². The molecule has 1 aromatic heterocycles. The van der Waals surface area contributed by atoms with Crippen LogP contribution in [0.15, 0.2) is 36.4 Å². The van der Waals surface area contributed by atoms with E-state index in [4.69, 9.17) is 0 Å². The highest BCUT2D eigenvalue weighted by molar-refractivity contribution is 5.89. The lowest BCUT2D eigenvalue weighted by Crippen LogP contribution is -2.37. The molecule has 0 spiro atoms. The average Bonchev–Trinajstić information content (AvgIpc) is 3.13. The van der Waals surface area contributed by atoms with Crippen molar-refractivity contribution in [2.24, 2.45) is 5.41 Å². The lowest BCUT2D eigenvalue weighted by atomic mass is 9.90. The Morgan fingerprint density at radius 1 is 1.32 bits per heavy atom. The highest BCUT2D eigenvalue weighted by Crippen LogP contribution is 2.30. The van der Waals surface area contributed by atoms with Crippen LogP contribution < -0.4 is 5.32 Å². The molecule has 2 amide bonds. The minimum atomic E-state index is -0.877. The summed E-state index contributed by atoms with van der Waals surface area (Å²) in [7, 11) is 0. The van der Waals surface area contributed by atoms with Gasteiger partial charge in [0, 0.05) is 19.2 Å². The maximum Gasteiger partial charge on any atom is 0.323 e. The van der Waals surface area contributed by atoms with Crippen LogP contribution in [0.1, 0.15) is 24.6 Å². The van der Waals surface area contributed by atoms with Crippen molar-refractivity contribution in [3.05, 3.63) is 47.7 Å². The Labute approximate surface area is 146 Å². The van der Waals surface area contributed by atoms with Crippen LogP contribution in [-0.2, 0) is 11.3 Å². The van der Waals surface area contributed by atoms with Crippen molar-refractivity contribution < 1.29 is 14.7 Å². The number of carboxylic acids is 1. The molecule has 0 bridgehead atoms. The molecule has 25 heavy (non-hydrogen) atoms. The van der Waals surface area contributed by atoms with Crippen LogP contribution in [0.2, 0.25) is 0 Å². The van der Waals surface area contributed by atoms with Gasteiger partial charge in [-0.25, -0.2) is 9.48 Å². The number of carbonyl (C=O) groups excluding carboxylic acids is 1. The van der Waals surface area contributed by atoms with E-state index in [9.17, 15) is 14.7 Å². The third-order valence-electron chi connectivity index (χ3n) is 4.59. The Hall–Kier alpha value is -2.83. The fraction of sp³-hybridized carbons (Fsp3) is 0.389. The Bertz CT molecular complexity index is 787. The first-order chi connectivity index (χ1) is 11.9. The van der Waals surface area contributed by atoms with E-state index in [0.29, 0.717) is 25.3 Å². The number of hydrogen-bond acceptors (Lipinski definition) is 3. The van der Waals surface area contributed by atoms with Gasteiger partial charge in [-0.05, 0) is 25.8 Å². The Kier molecular flexibility index (Phi) is 4.48. The highest BCUT2D eigenvalue weighted by atomic mass is 16.4. The summed E-state index contributed by atoms with van der Waals surface area (Å²) in [6.45, 7) is 4.73. The zero-order valence-corrected chi connectivity index (χ0v) is 14.4. The number of aryl methyl sites for hydroxylation is 1. The van der Waals surface area contributed by atoms with Gasteiger partial charge in [-0.15, -0.1) is 0 Å². The van der Waals surface area contributed by atoms with Gasteiger partial charge in [-0.1, -0.05) is 30.3 Å². The van der Waals surface area contributed by atoms with Crippen molar-refractivity contribution in [2.45, 2.75) is 26.8 Å². The third kappa shape index (κ3) is 3.65. The number of urea groups is 1. The molecule has 1 atom stereocenters. The molecule has 1 fully saturated rings. The van der Waals surface area contributed by atoms with Crippen molar-refractivity contribution in [1.82, 2.24) is 14.7 Å². The summed E-state index contributed by atoms with van der Waals surface area (Å²) in [5.74, 6) is -0.261. The van der Waals surface area contributed by atoms with Gasteiger partial charge in [-0.2, -0.15) is 5.10 Å². The van der Waals surface area contributed by atoms with Crippen molar-refractivity contribution >= 4 is 17.8 Å². The molecular weight excluding hydrogens is 320 g/mol. The standard InChI is InChI=1S/C18H22N4O3/c1-13-10-15(22(20-13)11-14-6-4-3-5-7-14)19-17(25)21-9-8-18(2,12-21)16(23)24/h3-7,10H,8-9,11-12H2,1-2H3,(H,19,25)(H,23,24).